The first-order valence-corrected chi connectivity index (χ1v) is 8.40. The van der Waals surface area contributed by atoms with Crippen LogP contribution in [0.25, 0.3) is 0 Å². The largest absolute Gasteiger partial charge is 0.462 e. The van der Waals surface area contributed by atoms with Crippen LogP contribution in [0.2, 0.25) is 0 Å². The van der Waals surface area contributed by atoms with Gasteiger partial charge < -0.3 is 4.74 Å². The molecule has 0 aromatic heterocycles. The number of hydrogen-bond donors (Lipinski definition) is 0. The highest BCUT2D eigenvalue weighted by Crippen LogP contribution is 2.14. The lowest BCUT2D eigenvalue weighted by molar-refractivity contribution is -0.139. The van der Waals surface area contributed by atoms with Gasteiger partial charge in [-0.3, -0.25) is 0 Å². The third kappa shape index (κ3) is 12.3. The number of hydrogen-bond acceptors (Lipinski definition) is 2. The van der Waals surface area contributed by atoms with E-state index in [1.807, 2.05) is 0 Å². The number of unbranched alkanes of at least 4 members (excludes halogenated alkanes) is 7. The minimum Gasteiger partial charge on any atom is -0.462 e. The Hall–Kier alpha value is -0.790. The number of carbonyl (C=O) groups is 1. The first kappa shape index (κ1) is 19.2. The molecule has 0 aliphatic carbocycles. The van der Waals surface area contributed by atoms with E-state index in [4.69, 9.17) is 4.74 Å². The van der Waals surface area contributed by atoms with E-state index in [0.29, 0.717) is 12.2 Å². The summed E-state index contributed by atoms with van der Waals surface area (Å²) >= 11 is 0. The quantitative estimate of drug-likeness (QED) is 0.247. The Labute approximate surface area is 126 Å². The molecule has 0 saturated heterocycles. The van der Waals surface area contributed by atoms with Crippen LogP contribution in [0.15, 0.2) is 12.2 Å². The van der Waals surface area contributed by atoms with Gasteiger partial charge in [-0.15, -0.1) is 0 Å². The molecule has 0 amide bonds. The van der Waals surface area contributed by atoms with Crippen LogP contribution in [0.1, 0.15) is 85.0 Å². The van der Waals surface area contributed by atoms with Crippen molar-refractivity contribution in [2.24, 2.45) is 5.92 Å². The van der Waals surface area contributed by atoms with E-state index in [1.54, 1.807) is 6.92 Å². The summed E-state index contributed by atoms with van der Waals surface area (Å²) in [6.07, 6.45) is 12.9. The Morgan fingerprint density at radius 3 is 2.00 bits per heavy atom. The Kier molecular flexibility index (Phi) is 12.7. The van der Waals surface area contributed by atoms with Gasteiger partial charge in [0.25, 0.3) is 0 Å². The zero-order valence-corrected chi connectivity index (χ0v) is 13.9. The number of esters is 1. The van der Waals surface area contributed by atoms with Gasteiger partial charge in [0.1, 0.15) is 0 Å². The van der Waals surface area contributed by atoms with Gasteiger partial charge in [-0.2, -0.15) is 0 Å². The van der Waals surface area contributed by atoms with Crippen LogP contribution in [0.5, 0.6) is 0 Å². The first-order valence-electron chi connectivity index (χ1n) is 8.40. The molecule has 20 heavy (non-hydrogen) atoms. The number of ether oxygens (including phenoxy) is 1. The molecule has 0 aliphatic heterocycles. The lowest BCUT2D eigenvalue weighted by atomic mass is 10.00. The van der Waals surface area contributed by atoms with E-state index in [1.165, 1.54) is 51.4 Å². The van der Waals surface area contributed by atoms with Crippen molar-refractivity contribution in [3.63, 3.8) is 0 Å². The lowest BCUT2D eigenvalue weighted by Crippen LogP contribution is -2.05. The second-order valence-electron chi connectivity index (χ2n) is 6.05. The predicted octanol–water partition coefficient (Wildman–Crippen LogP) is 5.66. The minimum atomic E-state index is -0.258. The normalized spacial score (nSPS) is 12.2. The maximum atomic E-state index is 11.1. The smallest absolute Gasteiger partial charge is 0.333 e. The van der Waals surface area contributed by atoms with Crippen LogP contribution in [0.3, 0.4) is 0 Å². The Bertz CT molecular complexity index is 258. The van der Waals surface area contributed by atoms with Crippen molar-refractivity contribution in [1.29, 1.82) is 0 Å². The van der Waals surface area contributed by atoms with E-state index in [0.717, 1.165) is 18.8 Å². The maximum absolute atomic E-state index is 11.1. The van der Waals surface area contributed by atoms with Crippen molar-refractivity contribution in [1.82, 2.24) is 0 Å². The topological polar surface area (TPSA) is 26.3 Å². The van der Waals surface area contributed by atoms with E-state index in [2.05, 4.69) is 20.4 Å². The first-order chi connectivity index (χ1) is 9.57. The van der Waals surface area contributed by atoms with Crippen LogP contribution in [0.4, 0.5) is 0 Å². The van der Waals surface area contributed by atoms with Gasteiger partial charge in [-0.05, 0) is 19.3 Å². The Balaban J connectivity index is 3.14. The van der Waals surface area contributed by atoms with Gasteiger partial charge in [-0.1, -0.05) is 78.2 Å². The van der Waals surface area contributed by atoms with Crippen molar-refractivity contribution >= 4 is 5.97 Å². The molecule has 118 valence electrons. The predicted molar refractivity (Wildman–Crippen MR) is 86.8 cm³/mol. The lowest BCUT2D eigenvalue weighted by Gasteiger charge is -2.07. The minimum absolute atomic E-state index is 0.258. The maximum Gasteiger partial charge on any atom is 0.333 e. The van der Waals surface area contributed by atoms with Crippen LogP contribution in [-0.2, 0) is 9.53 Å². The number of carbonyl (C=O) groups excluding carboxylic acids is 1. The monoisotopic (exact) mass is 282 g/mol. The third-order valence-corrected chi connectivity index (χ3v) is 3.87. The van der Waals surface area contributed by atoms with Crippen molar-refractivity contribution in [3.05, 3.63) is 12.2 Å². The highest BCUT2D eigenvalue weighted by Gasteiger charge is 2.01. The summed E-state index contributed by atoms with van der Waals surface area (Å²) in [7, 11) is 0. The molecule has 0 bridgehead atoms. The molecule has 2 heteroatoms. The standard InChI is InChI=1S/C18H34O2/c1-5-17(4)14-12-10-8-6-7-9-11-13-15-20-18(19)16(2)3/h17H,2,5-15H2,1,3-4H3. The summed E-state index contributed by atoms with van der Waals surface area (Å²) in [5.41, 5.74) is 0.488. The second kappa shape index (κ2) is 13.2. The fourth-order valence-corrected chi connectivity index (χ4v) is 2.15. The summed E-state index contributed by atoms with van der Waals surface area (Å²) < 4.78 is 5.06. The molecule has 1 unspecified atom stereocenters. The van der Waals surface area contributed by atoms with Crippen LogP contribution >= 0.6 is 0 Å². The van der Waals surface area contributed by atoms with Gasteiger partial charge in [0, 0.05) is 5.57 Å². The summed E-state index contributed by atoms with van der Waals surface area (Å²) in [6.45, 7) is 10.4. The van der Waals surface area contributed by atoms with E-state index in [-0.39, 0.29) is 5.97 Å². The van der Waals surface area contributed by atoms with Crippen molar-refractivity contribution in [2.45, 2.75) is 85.0 Å². The van der Waals surface area contributed by atoms with Gasteiger partial charge in [0.05, 0.1) is 6.61 Å². The van der Waals surface area contributed by atoms with Crippen molar-refractivity contribution in [2.75, 3.05) is 6.61 Å². The average Bonchev–Trinajstić information content (AvgIpc) is 2.43. The zero-order valence-electron chi connectivity index (χ0n) is 13.9. The summed E-state index contributed by atoms with van der Waals surface area (Å²) in [6, 6.07) is 0. The molecule has 0 spiro atoms. The molecule has 0 heterocycles. The molecule has 2 nitrogen and oxygen atoms in total. The summed E-state index contributed by atoms with van der Waals surface area (Å²) in [5.74, 6) is 0.642. The Morgan fingerprint density at radius 1 is 1.00 bits per heavy atom. The molecule has 0 saturated carbocycles. The summed E-state index contributed by atoms with van der Waals surface area (Å²) in [5, 5.41) is 0. The van der Waals surface area contributed by atoms with Gasteiger partial charge in [0.2, 0.25) is 0 Å². The van der Waals surface area contributed by atoms with Crippen molar-refractivity contribution in [3.8, 4) is 0 Å². The SMILES string of the molecule is C=C(C)C(=O)OCCCCCCCCCCC(C)CC. The fourth-order valence-electron chi connectivity index (χ4n) is 2.15. The highest BCUT2D eigenvalue weighted by atomic mass is 16.5. The van der Waals surface area contributed by atoms with Crippen LogP contribution in [-0.4, -0.2) is 12.6 Å². The van der Waals surface area contributed by atoms with Crippen LogP contribution < -0.4 is 0 Å². The van der Waals surface area contributed by atoms with E-state index >= 15 is 0 Å². The molecular weight excluding hydrogens is 248 g/mol. The Morgan fingerprint density at radius 2 is 1.50 bits per heavy atom. The molecule has 0 aliphatic rings. The average molecular weight is 282 g/mol. The highest BCUT2D eigenvalue weighted by molar-refractivity contribution is 5.86. The van der Waals surface area contributed by atoms with Gasteiger partial charge in [-0.25, -0.2) is 4.79 Å². The molecule has 0 aromatic rings. The van der Waals surface area contributed by atoms with E-state index < -0.39 is 0 Å². The van der Waals surface area contributed by atoms with Gasteiger partial charge in [0.15, 0.2) is 0 Å². The van der Waals surface area contributed by atoms with Crippen LogP contribution in [0, 0.1) is 5.92 Å². The molecule has 0 N–H and O–H groups in total. The summed E-state index contributed by atoms with van der Waals surface area (Å²) in [4.78, 5) is 11.1. The molecule has 0 fully saturated rings. The molecule has 0 aromatic carbocycles. The molecule has 0 radical (unpaired) electrons. The second-order valence-corrected chi connectivity index (χ2v) is 6.05. The zero-order chi connectivity index (χ0) is 15.2. The fraction of sp³-hybridized carbons (Fsp3) is 0.833. The van der Waals surface area contributed by atoms with E-state index in [9.17, 15) is 4.79 Å². The molecular formula is C18H34O2. The molecule has 1 atom stereocenters. The number of rotatable bonds is 13. The third-order valence-electron chi connectivity index (χ3n) is 3.87. The van der Waals surface area contributed by atoms with Gasteiger partial charge >= 0.3 is 5.97 Å². The van der Waals surface area contributed by atoms with Crippen molar-refractivity contribution < 1.29 is 9.53 Å². The molecule has 0 rings (SSSR count).